The molecule has 0 saturated carbocycles. The summed E-state index contributed by atoms with van der Waals surface area (Å²) in [7, 11) is 0. The smallest absolute Gasteiger partial charge is 0.188 e. The second-order valence-corrected chi connectivity index (χ2v) is 2.89. The van der Waals surface area contributed by atoms with E-state index in [-0.39, 0.29) is 5.78 Å². The zero-order valence-corrected chi connectivity index (χ0v) is 7.59. The highest BCUT2D eigenvalue weighted by Gasteiger charge is 2.08. The van der Waals surface area contributed by atoms with Gasteiger partial charge in [0.2, 0.25) is 0 Å². The molecule has 0 aromatic heterocycles. The Hall–Kier alpha value is -1.82. The number of nitrogens with zero attached hydrogens (tertiary/aromatic N) is 1. The van der Waals surface area contributed by atoms with Crippen LogP contribution in [0.15, 0.2) is 12.1 Å². The van der Waals surface area contributed by atoms with E-state index >= 15 is 0 Å². The second-order valence-electron chi connectivity index (χ2n) is 2.89. The van der Waals surface area contributed by atoms with Crippen LogP contribution in [0.5, 0.6) is 0 Å². The first-order valence-corrected chi connectivity index (χ1v) is 3.84. The van der Waals surface area contributed by atoms with Crippen LogP contribution < -0.4 is 5.73 Å². The number of rotatable bonds is 1. The summed E-state index contributed by atoms with van der Waals surface area (Å²) in [5, 5.41) is 0. The van der Waals surface area contributed by atoms with E-state index in [1.807, 2.05) is 0 Å². The molecule has 0 amide bonds. The molecule has 0 aliphatic carbocycles. The molecule has 3 heteroatoms. The molecule has 1 aromatic carbocycles. The van der Waals surface area contributed by atoms with Gasteiger partial charge in [-0.25, -0.2) is 4.85 Å². The number of carbonyl (C=O) groups is 1. The Labute approximate surface area is 77.0 Å². The zero-order valence-electron chi connectivity index (χ0n) is 7.59. The molecular formula is C10H10N2O. The van der Waals surface area contributed by atoms with Gasteiger partial charge in [0.1, 0.15) is 0 Å². The SMILES string of the molecule is [C-]#[N+]c1cc(C)c(N)c(C(C)=O)c1. The minimum atomic E-state index is -0.105. The summed E-state index contributed by atoms with van der Waals surface area (Å²) in [5.74, 6) is -0.105. The van der Waals surface area contributed by atoms with Crippen molar-refractivity contribution in [3.8, 4) is 0 Å². The molecule has 0 spiro atoms. The van der Waals surface area contributed by atoms with Crippen LogP contribution >= 0.6 is 0 Å². The van der Waals surface area contributed by atoms with Crippen molar-refractivity contribution in [2.45, 2.75) is 13.8 Å². The van der Waals surface area contributed by atoms with Gasteiger partial charge in [-0.15, -0.1) is 0 Å². The number of Topliss-reactive ketones (excluding diaryl/α,β-unsaturated/α-hetero) is 1. The Balaban J connectivity index is 3.44. The van der Waals surface area contributed by atoms with Crippen LogP contribution in [0.4, 0.5) is 11.4 Å². The molecule has 2 N–H and O–H groups in total. The molecule has 0 bridgehead atoms. The van der Waals surface area contributed by atoms with Crippen LogP contribution in [-0.2, 0) is 0 Å². The molecule has 1 rings (SSSR count). The van der Waals surface area contributed by atoms with Gasteiger partial charge >= 0.3 is 0 Å². The summed E-state index contributed by atoms with van der Waals surface area (Å²) in [4.78, 5) is 14.4. The van der Waals surface area contributed by atoms with Crippen LogP contribution in [-0.4, -0.2) is 5.78 Å². The van der Waals surface area contributed by atoms with E-state index in [2.05, 4.69) is 4.85 Å². The third-order valence-corrected chi connectivity index (χ3v) is 1.88. The van der Waals surface area contributed by atoms with Crippen molar-refractivity contribution in [1.82, 2.24) is 0 Å². The predicted molar refractivity (Wildman–Crippen MR) is 51.9 cm³/mol. The van der Waals surface area contributed by atoms with Gasteiger partial charge in [-0.2, -0.15) is 0 Å². The lowest BCUT2D eigenvalue weighted by atomic mass is 10.0. The first-order valence-electron chi connectivity index (χ1n) is 3.84. The molecule has 0 atom stereocenters. The number of nitrogens with two attached hydrogens (primary N) is 1. The van der Waals surface area contributed by atoms with Crippen molar-refractivity contribution >= 4 is 17.2 Å². The average molecular weight is 174 g/mol. The quantitative estimate of drug-likeness (QED) is 0.403. The lowest BCUT2D eigenvalue weighted by Gasteiger charge is -2.05. The Morgan fingerprint density at radius 1 is 1.54 bits per heavy atom. The lowest BCUT2D eigenvalue weighted by molar-refractivity contribution is 0.101. The fraction of sp³-hybridized carbons (Fsp3) is 0.200. The monoisotopic (exact) mass is 174 g/mol. The highest BCUT2D eigenvalue weighted by molar-refractivity contribution is 6.00. The highest BCUT2D eigenvalue weighted by Crippen LogP contribution is 2.24. The molecule has 0 radical (unpaired) electrons. The van der Waals surface area contributed by atoms with Crippen molar-refractivity contribution < 1.29 is 4.79 Å². The van der Waals surface area contributed by atoms with E-state index in [0.717, 1.165) is 5.56 Å². The van der Waals surface area contributed by atoms with E-state index in [1.165, 1.54) is 13.0 Å². The minimum Gasteiger partial charge on any atom is -0.398 e. The number of ketones is 1. The van der Waals surface area contributed by atoms with Gasteiger partial charge in [-0.3, -0.25) is 4.79 Å². The van der Waals surface area contributed by atoms with Crippen LogP contribution in [0.1, 0.15) is 22.8 Å². The van der Waals surface area contributed by atoms with E-state index in [1.54, 1.807) is 13.0 Å². The fourth-order valence-corrected chi connectivity index (χ4v) is 1.14. The van der Waals surface area contributed by atoms with E-state index in [0.29, 0.717) is 16.9 Å². The summed E-state index contributed by atoms with van der Waals surface area (Å²) in [6, 6.07) is 3.20. The van der Waals surface area contributed by atoms with Crippen LogP contribution in [0.25, 0.3) is 4.85 Å². The van der Waals surface area contributed by atoms with Crippen molar-refractivity contribution in [3.05, 3.63) is 34.7 Å². The van der Waals surface area contributed by atoms with Gasteiger partial charge in [0.25, 0.3) is 0 Å². The summed E-state index contributed by atoms with van der Waals surface area (Å²) in [6.07, 6.45) is 0. The maximum atomic E-state index is 11.1. The molecule has 0 heterocycles. The van der Waals surface area contributed by atoms with Crippen molar-refractivity contribution in [2.75, 3.05) is 5.73 Å². The molecule has 0 fully saturated rings. The Morgan fingerprint density at radius 2 is 2.15 bits per heavy atom. The third kappa shape index (κ3) is 1.67. The average Bonchev–Trinajstić information content (AvgIpc) is 2.09. The van der Waals surface area contributed by atoms with Gasteiger partial charge in [0.15, 0.2) is 11.5 Å². The largest absolute Gasteiger partial charge is 0.398 e. The predicted octanol–water partition coefficient (Wildman–Crippen LogP) is 2.33. The van der Waals surface area contributed by atoms with Crippen LogP contribution in [0, 0.1) is 13.5 Å². The van der Waals surface area contributed by atoms with Crippen LogP contribution in [0.3, 0.4) is 0 Å². The summed E-state index contributed by atoms with van der Waals surface area (Å²) in [5.41, 5.74) is 7.82. The summed E-state index contributed by atoms with van der Waals surface area (Å²) in [6.45, 7) is 10.1. The normalized spacial score (nSPS) is 9.31. The van der Waals surface area contributed by atoms with Gasteiger partial charge < -0.3 is 5.73 Å². The number of aryl methyl sites for hydroxylation is 1. The topological polar surface area (TPSA) is 47.5 Å². The zero-order chi connectivity index (χ0) is 10.0. The number of nitrogen functional groups attached to an aromatic ring is 1. The van der Waals surface area contributed by atoms with Gasteiger partial charge in [-0.05, 0) is 25.5 Å². The first-order chi connectivity index (χ1) is 6.06. The molecule has 0 unspecified atom stereocenters. The fourth-order valence-electron chi connectivity index (χ4n) is 1.14. The minimum absolute atomic E-state index is 0.105. The standard InChI is InChI=1S/C10H10N2O/c1-6-4-8(12-3)5-9(7(2)13)10(6)11/h4-5H,11H2,1-2H3. The Bertz CT molecular complexity index is 402. The van der Waals surface area contributed by atoms with Crippen molar-refractivity contribution in [1.29, 1.82) is 0 Å². The number of hydrogen-bond acceptors (Lipinski definition) is 2. The first kappa shape index (κ1) is 9.27. The van der Waals surface area contributed by atoms with Crippen molar-refractivity contribution in [3.63, 3.8) is 0 Å². The molecule has 0 aliphatic rings. The maximum absolute atomic E-state index is 11.1. The Kier molecular flexibility index (Phi) is 2.34. The molecule has 0 saturated heterocycles. The van der Waals surface area contributed by atoms with E-state index in [9.17, 15) is 4.79 Å². The van der Waals surface area contributed by atoms with Crippen molar-refractivity contribution in [2.24, 2.45) is 0 Å². The van der Waals surface area contributed by atoms with Gasteiger partial charge in [-0.1, -0.05) is 6.07 Å². The molecule has 66 valence electrons. The lowest BCUT2D eigenvalue weighted by Crippen LogP contribution is -2.01. The molecule has 13 heavy (non-hydrogen) atoms. The molecular weight excluding hydrogens is 164 g/mol. The molecule has 0 aliphatic heterocycles. The van der Waals surface area contributed by atoms with E-state index < -0.39 is 0 Å². The number of benzene rings is 1. The second kappa shape index (κ2) is 3.28. The van der Waals surface area contributed by atoms with E-state index in [4.69, 9.17) is 12.3 Å². The number of carbonyl (C=O) groups excluding carboxylic acids is 1. The summed E-state index contributed by atoms with van der Waals surface area (Å²) < 4.78 is 0. The van der Waals surface area contributed by atoms with Gasteiger partial charge in [0.05, 0.1) is 6.57 Å². The third-order valence-electron chi connectivity index (χ3n) is 1.88. The number of anilines is 1. The summed E-state index contributed by atoms with van der Waals surface area (Å²) >= 11 is 0. The number of hydrogen-bond donors (Lipinski definition) is 1. The Morgan fingerprint density at radius 3 is 2.62 bits per heavy atom. The van der Waals surface area contributed by atoms with Gasteiger partial charge in [0, 0.05) is 11.3 Å². The van der Waals surface area contributed by atoms with Crippen LogP contribution in [0.2, 0.25) is 0 Å². The highest BCUT2D eigenvalue weighted by atomic mass is 16.1. The molecule has 1 aromatic rings. The molecule has 3 nitrogen and oxygen atoms in total. The maximum Gasteiger partial charge on any atom is 0.188 e.